The molecule has 1 unspecified atom stereocenters. The minimum atomic E-state index is -0.497. The van der Waals surface area contributed by atoms with Gasteiger partial charge in [0.1, 0.15) is 17.2 Å². The first-order chi connectivity index (χ1) is 16.1. The van der Waals surface area contributed by atoms with Gasteiger partial charge < -0.3 is 13.6 Å². The second kappa shape index (κ2) is 9.71. The highest BCUT2D eigenvalue weighted by Gasteiger charge is 2.21. The Morgan fingerprint density at radius 3 is 2.44 bits per heavy atom. The van der Waals surface area contributed by atoms with E-state index in [2.05, 4.69) is 39.6 Å². The standard InChI is InChI=1S/C28H30FNO3S/c1-17(2)26(34)18-8-10-20(22-7-6-13-31-22)24(15-18)33-23-12-14-32-25(23)21-11-9-19(27(29)30-21)16-28(3,4)5/h6-15,17,26,34H,16H2,1-5H3. The number of rotatable bonds is 7. The average Bonchev–Trinajstić information content (AvgIpc) is 3.46. The lowest BCUT2D eigenvalue weighted by Gasteiger charge is -2.18. The lowest BCUT2D eigenvalue weighted by atomic mass is 9.88. The molecule has 34 heavy (non-hydrogen) atoms. The van der Waals surface area contributed by atoms with Crippen molar-refractivity contribution in [2.24, 2.45) is 11.3 Å². The van der Waals surface area contributed by atoms with E-state index in [9.17, 15) is 4.39 Å². The predicted molar refractivity (Wildman–Crippen MR) is 136 cm³/mol. The highest BCUT2D eigenvalue weighted by Crippen LogP contribution is 2.41. The summed E-state index contributed by atoms with van der Waals surface area (Å²) in [6.45, 7) is 10.4. The molecule has 0 aliphatic heterocycles. The van der Waals surface area contributed by atoms with Crippen LogP contribution in [0.25, 0.3) is 22.8 Å². The molecule has 1 aromatic carbocycles. The average molecular weight is 480 g/mol. The lowest BCUT2D eigenvalue weighted by Crippen LogP contribution is -2.11. The van der Waals surface area contributed by atoms with Crippen molar-refractivity contribution in [3.63, 3.8) is 0 Å². The van der Waals surface area contributed by atoms with Gasteiger partial charge in [0.05, 0.1) is 18.1 Å². The number of aromatic nitrogens is 1. The van der Waals surface area contributed by atoms with Crippen LogP contribution in [0.1, 0.15) is 51.0 Å². The van der Waals surface area contributed by atoms with Crippen LogP contribution < -0.4 is 4.74 Å². The predicted octanol–water partition coefficient (Wildman–Crippen LogP) is 8.75. The van der Waals surface area contributed by atoms with Crippen molar-refractivity contribution in [1.29, 1.82) is 0 Å². The molecule has 0 aliphatic rings. The molecule has 0 fully saturated rings. The second-order valence-corrected chi connectivity index (χ2v) is 10.6. The van der Waals surface area contributed by atoms with Gasteiger partial charge in [0, 0.05) is 16.9 Å². The van der Waals surface area contributed by atoms with E-state index in [1.165, 1.54) is 6.26 Å². The molecule has 0 saturated carbocycles. The summed E-state index contributed by atoms with van der Waals surface area (Å²) in [6, 6.07) is 14.9. The van der Waals surface area contributed by atoms with Gasteiger partial charge in [-0.15, -0.1) is 0 Å². The van der Waals surface area contributed by atoms with E-state index in [4.69, 9.17) is 26.2 Å². The Morgan fingerprint density at radius 2 is 1.79 bits per heavy atom. The topological polar surface area (TPSA) is 48.4 Å². The molecule has 1 atom stereocenters. The molecule has 0 amide bonds. The number of pyridine rings is 1. The number of thiol groups is 1. The fourth-order valence-corrected chi connectivity index (χ4v) is 3.96. The van der Waals surface area contributed by atoms with Crippen LogP contribution in [0.2, 0.25) is 0 Å². The maximum Gasteiger partial charge on any atom is 0.216 e. The zero-order chi connectivity index (χ0) is 24.5. The van der Waals surface area contributed by atoms with Gasteiger partial charge in [0.25, 0.3) is 0 Å². The first-order valence-corrected chi connectivity index (χ1v) is 11.9. The first-order valence-electron chi connectivity index (χ1n) is 11.4. The van der Waals surface area contributed by atoms with Gasteiger partial charge in [-0.2, -0.15) is 17.0 Å². The van der Waals surface area contributed by atoms with Crippen LogP contribution in [-0.4, -0.2) is 4.98 Å². The molecule has 4 rings (SSSR count). The molecular weight excluding hydrogens is 449 g/mol. The van der Waals surface area contributed by atoms with Gasteiger partial charge in [-0.25, -0.2) is 4.98 Å². The smallest absolute Gasteiger partial charge is 0.216 e. The summed E-state index contributed by atoms with van der Waals surface area (Å²) in [7, 11) is 0. The monoisotopic (exact) mass is 479 g/mol. The largest absolute Gasteiger partial charge is 0.464 e. The van der Waals surface area contributed by atoms with E-state index in [1.54, 1.807) is 24.5 Å². The molecule has 4 aromatic rings. The van der Waals surface area contributed by atoms with E-state index in [0.29, 0.717) is 46.6 Å². The Hall–Kier alpha value is -2.99. The number of furan rings is 2. The molecule has 0 saturated heterocycles. The van der Waals surface area contributed by atoms with Crippen molar-refractivity contribution in [3.8, 4) is 34.3 Å². The van der Waals surface area contributed by atoms with Crippen LogP contribution >= 0.6 is 12.6 Å². The van der Waals surface area contributed by atoms with Crippen molar-refractivity contribution in [2.75, 3.05) is 0 Å². The van der Waals surface area contributed by atoms with E-state index < -0.39 is 5.95 Å². The van der Waals surface area contributed by atoms with Gasteiger partial charge in [0.2, 0.25) is 5.95 Å². The van der Waals surface area contributed by atoms with Gasteiger partial charge in [-0.1, -0.05) is 46.8 Å². The molecule has 0 aliphatic carbocycles. The van der Waals surface area contributed by atoms with E-state index in [-0.39, 0.29) is 10.7 Å². The maximum absolute atomic E-state index is 14.8. The quantitative estimate of drug-likeness (QED) is 0.213. The van der Waals surface area contributed by atoms with Crippen molar-refractivity contribution >= 4 is 12.6 Å². The third kappa shape index (κ3) is 5.39. The van der Waals surface area contributed by atoms with Gasteiger partial charge in [-0.3, -0.25) is 0 Å². The van der Waals surface area contributed by atoms with Crippen LogP contribution in [0, 0.1) is 17.3 Å². The molecule has 4 nitrogen and oxygen atoms in total. The molecule has 0 N–H and O–H groups in total. The van der Waals surface area contributed by atoms with Crippen LogP contribution in [0.4, 0.5) is 4.39 Å². The van der Waals surface area contributed by atoms with Gasteiger partial charge in [-0.05, 0) is 53.6 Å². The van der Waals surface area contributed by atoms with Crippen LogP contribution in [0.5, 0.6) is 11.5 Å². The van der Waals surface area contributed by atoms with E-state index >= 15 is 0 Å². The number of hydrogen-bond donors (Lipinski definition) is 1. The summed E-state index contributed by atoms with van der Waals surface area (Å²) in [5, 5.41) is 0.0444. The Morgan fingerprint density at radius 1 is 1.00 bits per heavy atom. The molecule has 178 valence electrons. The summed E-state index contributed by atoms with van der Waals surface area (Å²) >= 11 is 4.76. The summed E-state index contributed by atoms with van der Waals surface area (Å²) in [5.74, 6) is 1.93. The number of hydrogen-bond acceptors (Lipinski definition) is 5. The highest BCUT2D eigenvalue weighted by atomic mass is 32.1. The SMILES string of the molecule is CC(C)C(S)c1ccc(-c2ccco2)c(Oc2ccoc2-c2ccc(CC(C)(C)C)c(F)n2)c1. The second-order valence-electron chi connectivity index (χ2n) is 10.0. The molecule has 0 radical (unpaired) electrons. The van der Waals surface area contributed by atoms with Crippen LogP contribution in [0.15, 0.2) is 69.9 Å². The fraction of sp³-hybridized carbons (Fsp3) is 0.321. The minimum Gasteiger partial charge on any atom is -0.464 e. The lowest BCUT2D eigenvalue weighted by molar-refractivity contribution is 0.398. The third-order valence-corrected chi connectivity index (χ3v) is 6.39. The first kappa shape index (κ1) is 24.1. The maximum atomic E-state index is 14.8. The molecular formula is C28H30FNO3S. The van der Waals surface area contributed by atoms with Gasteiger partial charge in [0.15, 0.2) is 11.5 Å². The molecule has 0 bridgehead atoms. The summed E-state index contributed by atoms with van der Waals surface area (Å²) < 4.78 is 32.4. The Bertz CT molecular complexity index is 1260. The van der Waals surface area contributed by atoms with E-state index in [0.717, 1.165) is 11.1 Å². The minimum absolute atomic E-state index is 0.0444. The number of nitrogens with zero attached hydrogens (tertiary/aromatic N) is 1. The normalized spacial score (nSPS) is 12.8. The molecule has 0 spiro atoms. The van der Waals surface area contributed by atoms with Crippen molar-refractivity contribution in [3.05, 3.63) is 78.1 Å². The highest BCUT2D eigenvalue weighted by molar-refractivity contribution is 7.80. The number of benzene rings is 1. The summed E-state index contributed by atoms with van der Waals surface area (Å²) in [6.07, 6.45) is 3.73. The number of ether oxygens (including phenoxy) is 1. The Kier molecular flexibility index (Phi) is 6.89. The Labute approximate surface area is 205 Å². The zero-order valence-electron chi connectivity index (χ0n) is 20.1. The summed E-state index contributed by atoms with van der Waals surface area (Å²) in [5.41, 5.74) is 2.73. The zero-order valence-corrected chi connectivity index (χ0v) is 21.0. The van der Waals surface area contributed by atoms with Crippen LogP contribution in [-0.2, 0) is 6.42 Å². The van der Waals surface area contributed by atoms with Crippen molar-refractivity contribution < 1.29 is 18.0 Å². The fourth-order valence-electron chi connectivity index (χ4n) is 3.80. The summed E-state index contributed by atoms with van der Waals surface area (Å²) in [4.78, 5) is 4.17. The van der Waals surface area contributed by atoms with Crippen LogP contribution in [0.3, 0.4) is 0 Å². The third-order valence-electron chi connectivity index (χ3n) is 5.49. The van der Waals surface area contributed by atoms with E-state index in [1.807, 2.05) is 30.3 Å². The van der Waals surface area contributed by atoms with Gasteiger partial charge >= 0.3 is 0 Å². The van der Waals surface area contributed by atoms with Crippen molar-refractivity contribution in [2.45, 2.75) is 46.3 Å². The molecule has 3 aromatic heterocycles. The molecule has 3 heterocycles. The number of halogens is 1. The van der Waals surface area contributed by atoms with Crippen molar-refractivity contribution in [1.82, 2.24) is 4.98 Å². The Balaban J connectivity index is 1.70. The molecule has 6 heteroatoms.